The number of pyridine rings is 1. The van der Waals surface area contributed by atoms with Gasteiger partial charge in [0.15, 0.2) is 0 Å². The van der Waals surface area contributed by atoms with Crippen molar-refractivity contribution in [2.24, 2.45) is 0 Å². The van der Waals surface area contributed by atoms with Crippen molar-refractivity contribution in [1.29, 1.82) is 0 Å². The van der Waals surface area contributed by atoms with Crippen molar-refractivity contribution >= 4 is 5.82 Å². The van der Waals surface area contributed by atoms with Gasteiger partial charge in [0.25, 0.3) is 0 Å². The second-order valence-corrected chi connectivity index (χ2v) is 5.53. The Labute approximate surface area is 127 Å². The van der Waals surface area contributed by atoms with E-state index in [2.05, 4.69) is 62.3 Å². The van der Waals surface area contributed by atoms with E-state index in [0.717, 1.165) is 23.7 Å². The van der Waals surface area contributed by atoms with Crippen LogP contribution in [0.25, 0.3) is 0 Å². The van der Waals surface area contributed by atoms with Crippen molar-refractivity contribution in [2.45, 2.75) is 40.2 Å². The molecule has 0 atom stereocenters. The van der Waals surface area contributed by atoms with E-state index in [9.17, 15) is 0 Å². The van der Waals surface area contributed by atoms with Crippen LogP contribution in [0.2, 0.25) is 0 Å². The third-order valence-electron chi connectivity index (χ3n) is 3.41. The van der Waals surface area contributed by atoms with Crippen LogP contribution in [-0.4, -0.2) is 11.5 Å². The molecular formula is C18H24N2O. The number of anilines is 1. The minimum atomic E-state index is 0.447. The van der Waals surface area contributed by atoms with Gasteiger partial charge in [0.05, 0.1) is 0 Å². The predicted molar refractivity (Wildman–Crippen MR) is 88.0 cm³/mol. The second kappa shape index (κ2) is 7.11. The van der Waals surface area contributed by atoms with Crippen LogP contribution in [0, 0.1) is 6.92 Å². The highest BCUT2D eigenvalue weighted by atomic mass is 16.5. The maximum atomic E-state index is 6.07. The molecule has 1 aromatic heterocycles. The average molecular weight is 284 g/mol. The standard InChI is InChI=1S/C18H24N2O/c1-5-19-18-15(7-6-10-20-18)12-21-17-11-14(4)8-9-16(17)13(2)3/h6-11,13H,5,12H2,1-4H3,(H,19,20). The fourth-order valence-electron chi connectivity index (χ4n) is 2.28. The zero-order valence-corrected chi connectivity index (χ0v) is 13.3. The first-order valence-electron chi connectivity index (χ1n) is 7.53. The molecule has 0 aliphatic carbocycles. The molecule has 1 heterocycles. The summed E-state index contributed by atoms with van der Waals surface area (Å²) >= 11 is 0. The zero-order chi connectivity index (χ0) is 15.2. The van der Waals surface area contributed by atoms with E-state index in [0.29, 0.717) is 12.5 Å². The average Bonchev–Trinajstić information content (AvgIpc) is 2.46. The smallest absolute Gasteiger partial charge is 0.132 e. The first kappa shape index (κ1) is 15.4. The number of nitrogens with zero attached hydrogens (tertiary/aromatic N) is 1. The largest absolute Gasteiger partial charge is 0.488 e. The maximum absolute atomic E-state index is 6.07. The zero-order valence-electron chi connectivity index (χ0n) is 13.3. The summed E-state index contributed by atoms with van der Waals surface area (Å²) in [5, 5.41) is 3.27. The van der Waals surface area contributed by atoms with E-state index < -0.39 is 0 Å². The van der Waals surface area contributed by atoms with Crippen LogP contribution in [0.4, 0.5) is 5.82 Å². The number of rotatable bonds is 6. The highest BCUT2D eigenvalue weighted by Gasteiger charge is 2.09. The molecular weight excluding hydrogens is 260 g/mol. The van der Waals surface area contributed by atoms with Crippen LogP contribution in [0.3, 0.4) is 0 Å². The number of nitrogens with one attached hydrogen (secondary N) is 1. The van der Waals surface area contributed by atoms with Crippen LogP contribution in [0.15, 0.2) is 36.5 Å². The van der Waals surface area contributed by atoms with Crippen molar-refractivity contribution in [3.8, 4) is 5.75 Å². The van der Waals surface area contributed by atoms with Gasteiger partial charge < -0.3 is 10.1 Å². The number of aromatic nitrogens is 1. The SMILES string of the molecule is CCNc1ncccc1COc1cc(C)ccc1C(C)C. The van der Waals surface area contributed by atoms with Crippen LogP contribution in [0.5, 0.6) is 5.75 Å². The Balaban J connectivity index is 2.18. The molecule has 1 aromatic carbocycles. The molecule has 21 heavy (non-hydrogen) atoms. The fourth-order valence-corrected chi connectivity index (χ4v) is 2.28. The van der Waals surface area contributed by atoms with Crippen molar-refractivity contribution in [1.82, 2.24) is 4.98 Å². The van der Waals surface area contributed by atoms with Gasteiger partial charge in [-0.25, -0.2) is 4.98 Å². The Bertz CT molecular complexity index is 594. The lowest BCUT2D eigenvalue weighted by molar-refractivity contribution is 0.302. The normalized spacial score (nSPS) is 10.7. The summed E-state index contributed by atoms with van der Waals surface area (Å²) in [4.78, 5) is 4.36. The lowest BCUT2D eigenvalue weighted by Gasteiger charge is -2.16. The van der Waals surface area contributed by atoms with E-state index in [1.54, 1.807) is 6.20 Å². The molecule has 0 saturated heterocycles. The third kappa shape index (κ3) is 3.97. The summed E-state index contributed by atoms with van der Waals surface area (Å²) in [5.41, 5.74) is 3.54. The van der Waals surface area contributed by atoms with Gasteiger partial charge in [-0.2, -0.15) is 0 Å². The van der Waals surface area contributed by atoms with E-state index in [-0.39, 0.29) is 0 Å². The molecule has 2 rings (SSSR count). The molecule has 0 aliphatic heterocycles. The Morgan fingerprint density at radius 3 is 2.76 bits per heavy atom. The molecule has 0 unspecified atom stereocenters. The van der Waals surface area contributed by atoms with Crippen molar-refractivity contribution in [3.63, 3.8) is 0 Å². The van der Waals surface area contributed by atoms with Gasteiger partial charge in [-0.3, -0.25) is 0 Å². The molecule has 0 bridgehead atoms. The van der Waals surface area contributed by atoms with Crippen LogP contribution >= 0.6 is 0 Å². The molecule has 3 heteroatoms. The fraction of sp³-hybridized carbons (Fsp3) is 0.389. The summed E-state index contributed by atoms with van der Waals surface area (Å²) in [6.45, 7) is 9.91. The Kier molecular flexibility index (Phi) is 5.20. The summed E-state index contributed by atoms with van der Waals surface area (Å²) in [6, 6.07) is 10.4. The topological polar surface area (TPSA) is 34.2 Å². The Hall–Kier alpha value is -2.03. The molecule has 1 N–H and O–H groups in total. The van der Waals surface area contributed by atoms with Gasteiger partial charge in [-0.15, -0.1) is 0 Å². The van der Waals surface area contributed by atoms with E-state index in [1.165, 1.54) is 11.1 Å². The first-order chi connectivity index (χ1) is 10.1. The number of aryl methyl sites for hydroxylation is 1. The van der Waals surface area contributed by atoms with E-state index >= 15 is 0 Å². The molecule has 0 saturated carbocycles. The summed E-state index contributed by atoms with van der Waals surface area (Å²) < 4.78 is 6.07. The third-order valence-corrected chi connectivity index (χ3v) is 3.41. The van der Waals surface area contributed by atoms with Gasteiger partial charge >= 0.3 is 0 Å². The number of hydrogen-bond donors (Lipinski definition) is 1. The minimum Gasteiger partial charge on any atom is -0.488 e. The summed E-state index contributed by atoms with van der Waals surface area (Å²) in [6.07, 6.45) is 1.80. The van der Waals surface area contributed by atoms with Crippen LogP contribution in [0.1, 0.15) is 43.4 Å². The van der Waals surface area contributed by atoms with Crippen molar-refractivity contribution in [2.75, 3.05) is 11.9 Å². The predicted octanol–water partition coefficient (Wildman–Crippen LogP) is 4.52. The second-order valence-electron chi connectivity index (χ2n) is 5.53. The Morgan fingerprint density at radius 1 is 1.24 bits per heavy atom. The van der Waals surface area contributed by atoms with E-state index in [1.807, 2.05) is 6.07 Å². The van der Waals surface area contributed by atoms with Crippen molar-refractivity contribution in [3.05, 3.63) is 53.2 Å². The molecule has 0 spiro atoms. The van der Waals surface area contributed by atoms with Gasteiger partial charge in [0.1, 0.15) is 18.2 Å². The van der Waals surface area contributed by atoms with Gasteiger partial charge in [0, 0.05) is 18.3 Å². The molecule has 0 radical (unpaired) electrons. The first-order valence-corrected chi connectivity index (χ1v) is 7.53. The number of benzene rings is 1. The van der Waals surface area contributed by atoms with Gasteiger partial charge in [-0.05, 0) is 43.0 Å². The molecule has 0 aliphatic rings. The minimum absolute atomic E-state index is 0.447. The highest BCUT2D eigenvalue weighted by molar-refractivity contribution is 5.44. The molecule has 112 valence electrons. The molecule has 0 fully saturated rings. The van der Waals surface area contributed by atoms with E-state index in [4.69, 9.17) is 4.74 Å². The quantitative estimate of drug-likeness (QED) is 0.846. The lowest BCUT2D eigenvalue weighted by Crippen LogP contribution is -2.06. The maximum Gasteiger partial charge on any atom is 0.132 e. The highest BCUT2D eigenvalue weighted by Crippen LogP contribution is 2.28. The summed E-state index contributed by atoms with van der Waals surface area (Å²) in [7, 11) is 0. The number of hydrogen-bond acceptors (Lipinski definition) is 3. The molecule has 3 nitrogen and oxygen atoms in total. The number of ether oxygens (including phenoxy) is 1. The van der Waals surface area contributed by atoms with Crippen LogP contribution < -0.4 is 10.1 Å². The monoisotopic (exact) mass is 284 g/mol. The molecule has 0 amide bonds. The van der Waals surface area contributed by atoms with Crippen LogP contribution in [-0.2, 0) is 6.61 Å². The Morgan fingerprint density at radius 2 is 2.05 bits per heavy atom. The molecule has 2 aromatic rings. The van der Waals surface area contributed by atoms with Crippen molar-refractivity contribution < 1.29 is 4.74 Å². The van der Waals surface area contributed by atoms with Gasteiger partial charge in [-0.1, -0.05) is 32.0 Å². The lowest BCUT2D eigenvalue weighted by atomic mass is 10.0. The van der Waals surface area contributed by atoms with Gasteiger partial charge in [0.2, 0.25) is 0 Å². The summed E-state index contributed by atoms with van der Waals surface area (Å²) in [5.74, 6) is 2.32.